The first kappa shape index (κ1) is 20.8. The monoisotopic (exact) mass is 455 g/mol. The number of likely N-dealkylation sites (tertiary alicyclic amines) is 1. The lowest BCUT2D eigenvalue weighted by atomic mass is 9.95. The van der Waals surface area contributed by atoms with Crippen molar-refractivity contribution in [2.24, 2.45) is 10.3 Å². The van der Waals surface area contributed by atoms with E-state index in [1.807, 2.05) is 29.2 Å². The summed E-state index contributed by atoms with van der Waals surface area (Å²) in [5.41, 5.74) is 1.73. The number of carbonyl (C=O) groups excluding carboxylic acids is 1. The van der Waals surface area contributed by atoms with Gasteiger partial charge in [0.15, 0.2) is 17.3 Å². The average Bonchev–Trinajstić information content (AvgIpc) is 3.10. The predicted octanol–water partition coefficient (Wildman–Crippen LogP) is 1.98. The number of ether oxygens (including phenoxy) is 2. The van der Waals surface area contributed by atoms with E-state index in [4.69, 9.17) is 9.47 Å². The Hall–Kier alpha value is -3.07. The highest BCUT2D eigenvalue weighted by Gasteiger charge is 2.34. The molecule has 0 unspecified atom stereocenters. The Morgan fingerprint density at radius 2 is 1.81 bits per heavy atom. The lowest BCUT2D eigenvalue weighted by Gasteiger charge is -2.32. The molecule has 3 aliphatic heterocycles. The molecule has 0 aromatic heterocycles. The van der Waals surface area contributed by atoms with Crippen molar-refractivity contribution >= 4 is 21.8 Å². The van der Waals surface area contributed by atoms with E-state index in [0.717, 1.165) is 17.1 Å². The molecule has 1 fully saturated rings. The van der Waals surface area contributed by atoms with Crippen LogP contribution in [0.15, 0.2) is 51.8 Å². The minimum atomic E-state index is -3.63. The predicted molar refractivity (Wildman–Crippen MR) is 119 cm³/mol. The Morgan fingerprint density at radius 1 is 1.06 bits per heavy atom. The van der Waals surface area contributed by atoms with Gasteiger partial charge in [-0.25, -0.2) is 0 Å². The van der Waals surface area contributed by atoms with E-state index in [-0.39, 0.29) is 16.7 Å². The molecule has 0 saturated carbocycles. The molecule has 0 aliphatic carbocycles. The van der Waals surface area contributed by atoms with Crippen LogP contribution in [-0.4, -0.2) is 57.9 Å². The van der Waals surface area contributed by atoms with Crippen LogP contribution in [0.3, 0.4) is 0 Å². The molecule has 3 aliphatic rings. The van der Waals surface area contributed by atoms with Crippen LogP contribution in [0, 0.1) is 5.92 Å². The number of carbonyl (C=O) groups is 1. The number of nitrogens with zero attached hydrogens (tertiary/aromatic N) is 2. The summed E-state index contributed by atoms with van der Waals surface area (Å²) in [5.74, 6) is 1.98. The number of benzene rings is 2. The molecule has 1 saturated heterocycles. The molecule has 1 amide bonds. The van der Waals surface area contributed by atoms with Gasteiger partial charge in [0.25, 0.3) is 10.0 Å². The van der Waals surface area contributed by atoms with Crippen LogP contribution >= 0.6 is 0 Å². The van der Waals surface area contributed by atoms with Crippen molar-refractivity contribution in [3.63, 3.8) is 0 Å². The Balaban J connectivity index is 1.13. The molecule has 3 heterocycles. The van der Waals surface area contributed by atoms with Crippen molar-refractivity contribution in [2.75, 3.05) is 32.8 Å². The third kappa shape index (κ3) is 4.04. The summed E-state index contributed by atoms with van der Waals surface area (Å²) in [6, 6.07) is 12.8. The van der Waals surface area contributed by atoms with Gasteiger partial charge in [-0.1, -0.05) is 18.2 Å². The van der Waals surface area contributed by atoms with Crippen molar-refractivity contribution < 1.29 is 22.7 Å². The first-order valence-electron chi connectivity index (χ1n) is 10.9. The normalized spacial score (nSPS) is 19.2. The Kier molecular flexibility index (Phi) is 5.50. The first-order valence-corrected chi connectivity index (χ1v) is 12.3. The zero-order chi connectivity index (χ0) is 22.1. The van der Waals surface area contributed by atoms with Gasteiger partial charge in [-0.05, 0) is 49.1 Å². The largest absolute Gasteiger partial charge is 0.486 e. The summed E-state index contributed by atoms with van der Waals surface area (Å²) in [7, 11) is -3.63. The van der Waals surface area contributed by atoms with E-state index in [2.05, 4.69) is 9.71 Å². The number of amidine groups is 1. The summed E-state index contributed by atoms with van der Waals surface area (Å²) in [6.45, 7) is 2.87. The van der Waals surface area contributed by atoms with Gasteiger partial charge in [-0.15, -0.1) is 4.40 Å². The Bertz CT molecular complexity index is 1170. The van der Waals surface area contributed by atoms with Crippen LogP contribution < -0.4 is 14.8 Å². The number of amides is 1. The van der Waals surface area contributed by atoms with E-state index in [9.17, 15) is 13.2 Å². The van der Waals surface area contributed by atoms with Crippen molar-refractivity contribution in [1.29, 1.82) is 0 Å². The average molecular weight is 456 g/mol. The van der Waals surface area contributed by atoms with Crippen molar-refractivity contribution in [1.82, 2.24) is 10.2 Å². The highest BCUT2D eigenvalue weighted by atomic mass is 32.2. The van der Waals surface area contributed by atoms with Gasteiger partial charge >= 0.3 is 0 Å². The van der Waals surface area contributed by atoms with Gasteiger partial charge in [0, 0.05) is 31.1 Å². The van der Waals surface area contributed by atoms with E-state index >= 15 is 0 Å². The van der Waals surface area contributed by atoms with Gasteiger partial charge in [-0.2, -0.15) is 8.42 Å². The van der Waals surface area contributed by atoms with Gasteiger partial charge < -0.3 is 19.7 Å². The number of piperidine rings is 1. The number of hydrogen-bond acceptors (Lipinski definition) is 6. The molecule has 0 atom stereocenters. The van der Waals surface area contributed by atoms with Crippen LogP contribution in [0.4, 0.5) is 0 Å². The quantitative estimate of drug-likeness (QED) is 0.757. The molecule has 2 aromatic carbocycles. The molecule has 8 nitrogen and oxygen atoms in total. The standard InChI is InChI=1S/C23H25N3O5S/c27-23(24-10-7-16-5-6-19-20(15-16)31-14-13-30-19)17-8-11-26(12-9-17)22-18-3-1-2-4-21(18)32(28,29)25-22/h1-6,15,17H,7-14H2,(H,24,27). The van der Waals surface area contributed by atoms with E-state index in [1.165, 1.54) is 0 Å². The second-order valence-electron chi connectivity index (χ2n) is 8.17. The fourth-order valence-corrected chi connectivity index (χ4v) is 5.62. The van der Waals surface area contributed by atoms with Crippen LogP contribution in [0.25, 0.3) is 0 Å². The maximum atomic E-state index is 12.6. The van der Waals surface area contributed by atoms with Crippen LogP contribution in [-0.2, 0) is 21.2 Å². The third-order valence-electron chi connectivity index (χ3n) is 6.10. The first-order chi connectivity index (χ1) is 15.5. The second kappa shape index (κ2) is 8.46. The summed E-state index contributed by atoms with van der Waals surface area (Å²) < 4.78 is 39.7. The molecule has 5 rings (SSSR count). The number of rotatable bonds is 4. The SMILES string of the molecule is O=C(NCCc1ccc2c(c1)OCCO2)C1CCN(C2=NS(=O)(=O)c3ccccc32)CC1. The molecule has 32 heavy (non-hydrogen) atoms. The van der Waals surface area contributed by atoms with E-state index < -0.39 is 10.0 Å². The van der Waals surface area contributed by atoms with Gasteiger partial charge in [-0.3, -0.25) is 4.79 Å². The molecule has 0 radical (unpaired) electrons. The van der Waals surface area contributed by atoms with Crippen molar-refractivity contribution in [3.05, 3.63) is 53.6 Å². The van der Waals surface area contributed by atoms with Gasteiger partial charge in [0.05, 0.1) is 0 Å². The topological polar surface area (TPSA) is 97.3 Å². The summed E-state index contributed by atoms with van der Waals surface area (Å²) in [6.07, 6.45) is 2.04. The van der Waals surface area contributed by atoms with Crippen LogP contribution in [0.2, 0.25) is 0 Å². The highest BCUT2D eigenvalue weighted by molar-refractivity contribution is 7.90. The van der Waals surface area contributed by atoms with Crippen molar-refractivity contribution in [3.8, 4) is 11.5 Å². The smallest absolute Gasteiger partial charge is 0.285 e. The summed E-state index contributed by atoms with van der Waals surface area (Å²) >= 11 is 0. The maximum absolute atomic E-state index is 12.6. The van der Waals surface area contributed by atoms with Crippen LogP contribution in [0.5, 0.6) is 11.5 Å². The summed E-state index contributed by atoms with van der Waals surface area (Å²) in [4.78, 5) is 14.9. The molecule has 0 bridgehead atoms. The lowest BCUT2D eigenvalue weighted by molar-refractivity contribution is -0.126. The molecular weight excluding hydrogens is 430 g/mol. The highest BCUT2D eigenvalue weighted by Crippen LogP contribution is 2.31. The summed E-state index contributed by atoms with van der Waals surface area (Å²) in [5, 5.41) is 3.04. The fourth-order valence-electron chi connectivity index (χ4n) is 4.39. The Labute approximate surface area is 187 Å². The zero-order valence-corrected chi connectivity index (χ0v) is 18.4. The lowest BCUT2D eigenvalue weighted by Crippen LogP contribution is -2.43. The number of sulfonamides is 1. The Morgan fingerprint density at radius 3 is 2.62 bits per heavy atom. The number of fused-ring (bicyclic) bond motifs is 2. The van der Waals surface area contributed by atoms with E-state index in [1.54, 1.807) is 18.2 Å². The van der Waals surface area contributed by atoms with E-state index in [0.29, 0.717) is 63.5 Å². The minimum absolute atomic E-state index is 0.0450. The fraction of sp³-hybridized carbons (Fsp3) is 0.391. The minimum Gasteiger partial charge on any atom is -0.486 e. The maximum Gasteiger partial charge on any atom is 0.285 e. The molecular formula is C23H25N3O5S. The van der Waals surface area contributed by atoms with Gasteiger partial charge in [0.1, 0.15) is 18.1 Å². The van der Waals surface area contributed by atoms with Crippen molar-refractivity contribution in [2.45, 2.75) is 24.2 Å². The van der Waals surface area contributed by atoms with Gasteiger partial charge in [0.2, 0.25) is 5.91 Å². The second-order valence-corrected chi connectivity index (χ2v) is 9.74. The molecule has 9 heteroatoms. The molecule has 2 aromatic rings. The molecule has 0 spiro atoms. The third-order valence-corrected chi connectivity index (χ3v) is 7.42. The zero-order valence-electron chi connectivity index (χ0n) is 17.6. The number of hydrogen-bond donors (Lipinski definition) is 1. The van der Waals surface area contributed by atoms with Crippen LogP contribution in [0.1, 0.15) is 24.0 Å². The number of nitrogens with one attached hydrogen (secondary N) is 1. The molecule has 168 valence electrons. The molecule has 1 N–H and O–H groups in total.